The first kappa shape index (κ1) is 20.5. The van der Waals surface area contributed by atoms with Crippen LogP contribution in [0.1, 0.15) is 20.7 Å². The van der Waals surface area contributed by atoms with Gasteiger partial charge in [-0.2, -0.15) is 0 Å². The molecule has 3 aromatic rings. The van der Waals surface area contributed by atoms with Crippen molar-refractivity contribution in [3.63, 3.8) is 0 Å². The van der Waals surface area contributed by atoms with Gasteiger partial charge in [-0.3, -0.25) is 9.59 Å². The Morgan fingerprint density at radius 2 is 1.69 bits per heavy atom. The third-order valence-corrected chi connectivity index (χ3v) is 4.53. The summed E-state index contributed by atoms with van der Waals surface area (Å²) in [5, 5.41) is 2.67. The van der Waals surface area contributed by atoms with Crippen LogP contribution in [-0.4, -0.2) is 11.8 Å². The Morgan fingerprint density at radius 3 is 2.34 bits per heavy atom. The monoisotopic (exact) mass is 509 g/mol. The van der Waals surface area contributed by atoms with Gasteiger partial charge in [0.1, 0.15) is 28.7 Å². The minimum Gasteiger partial charge on any atom is -0.456 e. The van der Waals surface area contributed by atoms with Crippen LogP contribution in [0.15, 0.2) is 54.6 Å². The standard InChI is InChI=1S/C20H14F2IN3O3/c21-11-7-16(26-15-5-4-12(23)9-14(15)22)18(20(25)28)17(8-11)29-13-3-1-2-10(6-13)19(24)27/h1-9,26H,(H2,24,27)(H2,25,28). The molecular formula is C20H14F2IN3O3. The second-order valence-electron chi connectivity index (χ2n) is 5.93. The van der Waals surface area contributed by atoms with E-state index in [2.05, 4.69) is 5.32 Å². The molecule has 6 nitrogen and oxygen atoms in total. The van der Waals surface area contributed by atoms with E-state index in [1.165, 1.54) is 36.4 Å². The lowest BCUT2D eigenvalue weighted by atomic mass is 10.1. The summed E-state index contributed by atoms with van der Waals surface area (Å²) < 4.78 is 34.6. The fourth-order valence-electron chi connectivity index (χ4n) is 2.59. The Hall–Kier alpha value is -3.21. The highest BCUT2D eigenvalue weighted by molar-refractivity contribution is 14.1. The summed E-state index contributed by atoms with van der Waals surface area (Å²) in [6.07, 6.45) is 0. The Balaban J connectivity index is 2.05. The highest BCUT2D eigenvalue weighted by Crippen LogP contribution is 2.34. The van der Waals surface area contributed by atoms with E-state index in [1.807, 2.05) is 22.6 Å². The number of amides is 2. The van der Waals surface area contributed by atoms with Gasteiger partial charge in [-0.1, -0.05) is 6.07 Å². The van der Waals surface area contributed by atoms with Gasteiger partial charge < -0.3 is 21.5 Å². The topological polar surface area (TPSA) is 107 Å². The fraction of sp³-hybridized carbons (Fsp3) is 0. The number of anilines is 2. The molecule has 0 aliphatic heterocycles. The summed E-state index contributed by atoms with van der Waals surface area (Å²) >= 11 is 1.95. The predicted molar refractivity (Wildman–Crippen MR) is 112 cm³/mol. The van der Waals surface area contributed by atoms with Crippen molar-refractivity contribution >= 4 is 45.8 Å². The minimum absolute atomic E-state index is 0.0280. The molecule has 9 heteroatoms. The Labute approximate surface area is 178 Å². The maximum atomic E-state index is 14.2. The summed E-state index contributed by atoms with van der Waals surface area (Å²) in [6.45, 7) is 0. The molecule has 0 spiro atoms. The van der Waals surface area contributed by atoms with Crippen molar-refractivity contribution in [2.45, 2.75) is 0 Å². The van der Waals surface area contributed by atoms with E-state index in [-0.39, 0.29) is 34.0 Å². The van der Waals surface area contributed by atoms with Gasteiger partial charge in [0.05, 0.1) is 11.4 Å². The van der Waals surface area contributed by atoms with Crippen molar-refractivity contribution in [2.24, 2.45) is 11.5 Å². The first-order chi connectivity index (χ1) is 13.7. The van der Waals surface area contributed by atoms with Crippen molar-refractivity contribution < 1.29 is 23.1 Å². The van der Waals surface area contributed by atoms with Crippen molar-refractivity contribution in [3.8, 4) is 11.5 Å². The van der Waals surface area contributed by atoms with Gasteiger partial charge in [0.25, 0.3) is 5.91 Å². The molecule has 0 aliphatic carbocycles. The van der Waals surface area contributed by atoms with Crippen LogP contribution in [-0.2, 0) is 0 Å². The summed E-state index contributed by atoms with van der Waals surface area (Å²) in [6, 6.07) is 12.2. The van der Waals surface area contributed by atoms with Gasteiger partial charge in [0, 0.05) is 15.2 Å². The van der Waals surface area contributed by atoms with Crippen LogP contribution < -0.4 is 21.5 Å². The van der Waals surface area contributed by atoms with Crippen molar-refractivity contribution in [1.29, 1.82) is 0 Å². The van der Waals surface area contributed by atoms with Crippen LogP contribution in [0.2, 0.25) is 0 Å². The van der Waals surface area contributed by atoms with Gasteiger partial charge in [-0.05, 0) is 65.1 Å². The zero-order chi connectivity index (χ0) is 21.1. The molecule has 29 heavy (non-hydrogen) atoms. The molecule has 0 unspecified atom stereocenters. The quantitative estimate of drug-likeness (QED) is 0.431. The largest absolute Gasteiger partial charge is 0.456 e. The first-order valence-corrected chi connectivity index (χ1v) is 9.25. The summed E-state index contributed by atoms with van der Waals surface area (Å²) in [5.74, 6) is -2.99. The number of rotatable bonds is 6. The average Bonchev–Trinajstić information content (AvgIpc) is 2.63. The molecule has 5 N–H and O–H groups in total. The van der Waals surface area contributed by atoms with Crippen LogP contribution in [0, 0.1) is 15.2 Å². The number of nitrogens with two attached hydrogens (primary N) is 2. The summed E-state index contributed by atoms with van der Waals surface area (Å²) in [7, 11) is 0. The molecule has 3 aromatic carbocycles. The second kappa shape index (κ2) is 8.43. The number of hydrogen-bond donors (Lipinski definition) is 3. The molecule has 2 amide bonds. The number of benzene rings is 3. The SMILES string of the molecule is NC(=O)c1cccc(Oc2cc(F)cc(Nc3ccc(I)cc3F)c2C(N)=O)c1. The Kier molecular flexibility index (Phi) is 5.97. The number of hydrogen-bond acceptors (Lipinski definition) is 4. The molecule has 148 valence electrons. The maximum Gasteiger partial charge on any atom is 0.254 e. The van der Waals surface area contributed by atoms with E-state index in [1.54, 1.807) is 6.07 Å². The zero-order valence-corrected chi connectivity index (χ0v) is 16.9. The maximum absolute atomic E-state index is 14.2. The summed E-state index contributed by atoms with van der Waals surface area (Å²) in [5.41, 5.74) is 10.6. The molecule has 0 radical (unpaired) electrons. The van der Waals surface area contributed by atoms with Crippen LogP contribution in [0.4, 0.5) is 20.2 Å². The third kappa shape index (κ3) is 4.80. The van der Waals surface area contributed by atoms with E-state index in [0.29, 0.717) is 3.57 Å². The van der Waals surface area contributed by atoms with Crippen molar-refractivity contribution in [2.75, 3.05) is 5.32 Å². The van der Waals surface area contributed by atoms with Gasteiger partial charge in [0.2, 0.25) is 5.91 Å². The number of halogens is 3. The highest BCUT2D eigenvalue weighted by atomic mass is 127. The van der Waals surface area contributed by atoms with Gasteiger partial charge in [-0.15, -0.1) is 0 Å². The lowest BCUT2D eigenvalue weighted by molar-refractivity contribution is 0.0990. The number of nitrogens with one attached hydrogen (secondary N) is 1. The van der Waals surface area contributed by atoms with E-state index in [4.69, 9.17) is 16.2 Å². The van der Waals surface area contributed by atoms with E-state index in [0.717, 1.165) is 12.1 Å². The average molecular weight is 509 g/mol. The zero-order valence-electron chi connectivity index (χ0n) is 14.7. The van der Waals surface area contributed by atoms with E-state index < -0.39 is 23.4 Å². The molecule has 0 fully saturated rings. The normalized spacial score (nSPS) is 10.4. The number of ether oxygens (including phenoxy) is 1. The van der Waals surface area contributed by atoms with Crippen molar-refractivity contribution in [3.05, 3.63) is 80.9 Å². The first-order valence-electron chi connectivity index (χ1n) is 8.17. The minimum atomic E-state index is -0.917. The molecule has 0 saturated carbocycles. The van der Waals surface area contributed by atoms with Crippen LogP contribution in [0.5, 0.6) is 11.5 Å². The molecule has 0 saturated heterocycles. The van der Waals surface area contributed by atoms with Gasteiger partial charge in [0.15, 0.2) is 0 Å². The van der Waals surface area contributed by atoms with Crippen molar-refractivity contribution in [1.82, 2.24) is 0 Å². The fourth-order valence-corrected chi connectivity index (χ4v) is 3.04. The van der Waals surface area contributed by atoms with E-state index >= 15 is 0 Å². The Morgan fingerprint density at radius 1 is 0.931 bits per heavy atom. The lowest BCUT2D eigenvalue weighted by Gasteiger charge is -2.16. The van der Waals surface area contributed by atoms with Gasteiger partial charge in [-0.25, -0.2) is 8.78 Å². The third-order valence-electron chi connectivity index (χ3n) is 3.86. The Bertz CT molecular complexity index is 1120. The second-order valence-corrected chi connectivity index (χ2v) is 7.18. The van der Waals surface area contributed by atoms with Crippen LogP contribution in [0.25, 0.3) is 0 Å². The van der Waals surface area contributed by atoms with Crippen LogP contribution >= 0.6 is 22.6 Å². The summed E-state index contributed by atoms with van der Waals surface area (Å²) in [4.78, 5) is 23.4. The molecule has 0 aliphatic rings. The number of carbonyl (C=O) groups is 2. The molecule has 0 heterocycles. The highest BCUT2D eigenvalue weighted by Gasteiger charge is 2.20. The number of carbonyl (C=O) groups excluding carboxylic acids is 2. The lowest BCUT2D eigenvalue weighted by Crippen LogP contribution is -2.15. The number of primary amides is 2. The van der Waals surface area contributed by atoms with Crippen LogP contribution in [0.3, 0.4) is 0 Å². The molecular weight excluding hydrogens is 495 g/mol. The smallest absolute Gasteiger partial charge is 0.254 e. The molecule has 0 aromatic heterocycles. The van der Waals surface area contributed by atoms with Gasteiger partial charge >= 0.3 is 0 Å². The molecule has 0 atom stereocenters. The molecule has 3 rings (SSSR count). The van der Waals surface area contributed by atoms with E-state index in [9.17, 15) is 18.4 Å². The molecule has 0 bridgehead atoms. The predicted octanol–water partition coefficient (Wildman–Crippen LogP) is 4.30.